The molecule has 0 saturated heterocycles. The molecule has 2 aromatic carbocycles. The van der Waals surface area contributed by atoms with Gasteiger partial charge in [-0.05, 0) is 48.2 Å². The summed E-state index contributed by atoms with van der Waals surface area (Å²) in [6.45, 7) is 8.22. The molecule has 0 spiro atoms. The minimum Gasteiger partial charge on any atom is -0.0955 e. The average Bonchev–Trinajstić information content (AvgIpc) is 2.39. The van der Waals surface area contributed by atoms with Crippen LogP contribution in [0.2, 0.25) is 0 Å². The lowest BCUT2D eigenvalue weighted by Crippen LogP contribution is -1.86. The number of rotatable bonds is 3. The first-order valence-corrected chi connectivity index (χ1v) is 7.06. The Morgan fingerprint density at radius 1 is 1.00 bits per heavy atom. The summed E-state index contributed by atoms with van der Waals surface area (Å²) < 4.78 is 1.10. The molecule has 0 fully saturated rings. The van der Waals surface area contributed by atoms with Crippen LogP contribution in [0.5, 0.6) is 0 Å². The monoisotopic (exact) mass is 312 g/mol. The van der Waals surface area contributed by atoms with Crippen molar-refractivity contribution >= 4 is 33.2 Å². The molecule has 0 heterocycles. The fraction of sp³-hybridized carbons (Fsp3) is 0.111. The number of allylic oxidation sites excluding steroid dienone is 2. The number of hydrogen-bond acceptors (Lipinski definition) is 0. The summed E-state index contributed by atoms with van der Waals surface area (Å²) in [7, 11) is 0. The lowest BCUT2D eigenvalue weighted by molar-refractivity contribution is 1.52. The highest BCUT2D eigenvalue weighted by Gasteiger charge is 2.01. The van der Waals surface area contributed by atoms with E-state index < -0.39 is 0 Å². The number of benzene rings is 2. The van der Waals surface area contributed by atoms with Gasteiger partial charge in [0.2, 0.25) is 0 Å². The van der Waals surface area contributed by atoms with E-state index in [1.54, 1.807) is 0 Å². The Bertz CT molecular complexity index is 618. The molecule has 2 rings (SSSR count). The summed E-state index contributed by atoms with van der Waals surface area (Å²) in [5, 5.41) is 0. The Balaban J connectivity index is 2.41. The van der Waals surface area contributed by atoms with Crippen LogP contribution in [0, 0.1) is 0 Å². The van der Waals surface area contributed by atoms with E-state index in [0.717, 1.165) is 10.0 Å². The number of hydrogen-bond donors (Lipinski definition) is 0. The largest absolute Gasteiger partial charge is 0.0955 e. The van der Waals surface area contributed by atoms with Gasteiger partial charge in [0.25, 0.3) is 0 Å². The molecule has 0 aliphatic heterocycles. The second-order valence-electron chi connectivity index (χ2n) is 4.70. The summed E-state index contributed by atoms with van der Waals surface area (Å²) in [5.74, 6) is 0. The van der Waals surface area contributed by atoms with Crippen molar-refractivity contribution in [2.45, 2.75) is 13.8 Å². The fourth-order valence-electron chi connectivity index (χ4n) is 2.04. The highest BCUT2D eigenvalue weighted by atomic mass is 79.9. The first-order chi connectivity index (χ1) is 9.08. The van der Waals surface area contributed by atoms with Gasteiger partial charge in [0, 0.05) is 4.47 Å². The van der Waals surface area contributed by atoms with Crippen LogP contribution in [0.1, 0.15) is 30.5 Å². The molecule has 96 valence electrons. The molecule has 0 saturated carbocycles. The van der Waals surface area contributed by atoms with Crippen LogP contribution in [-0.2, 0) is 0 Å². The van der Waals surface area contributed by atoms with Crippen LogP contribution in [0.25, 0.3) is 17.2 Å². The molecule has 0 nitrogen and oxygen atoms in total. The molecule has 0 atom stereocenters. The minimum atomic E-state index is 1.09. The molecule has 0 radical (unpaired) electrons. The molecule has 0 bridgehead atoms. The van der Waals surface area contributed by atoms with Crippen molar-refractivity contribution in [3.63, 3.8) is 0 Å². The van der Waals surface area contributed by atoms with Gasteiger partial charge in [-0.15, -0.1) is 0 Å². The fourth-order valence-corrected chi connectivity index (χ4v) is 2.31. The van der Waals surface area contributed by atoms with Gasteiger partial charge >= 0.3 is 0 Å². The zero-order valence-electron chi connectivity index (χ0n) is 11.3. The zero-order chi connectivity index (χ0) is 13.8. The van der Waals surface area contributed by atoms with E-state index in [0.29, 0.717) is 0 Å². The molecule has 0 amide bonds. The highest BCUT2D eigenvalue weighted by molar-refractivity contribution is 9.10. The third-order valence-electron chi connectivity index (χ3n) is 3.09. The van der Waals surface area contributed by atoms with Crippen LogP contribution < -0.4 is 0 Å². The number of halogens is 1. The Morgan fingerprint density at radius 2 is 1.63 bits per heavy atom. The van der Waals surface area contributed by atoms with Crippen LogP contribution in [0.15, 0.2) is 59.6 Å². The standard InChI is InChI=1S/C18H17Br/c1-13(2)18-7-5-4-6-16(18)12-14(3)15-8-10-17(19)11-9-15/h4-12H,1H2,2-3H3/b14-12+. The first-order valence-electron chi connectivity index (χ1n) is 6.27. The van der Waals surface area contributed by atoms with E-state index >= 15 is 0 Å². The van der Waals surface area contributed by atoms with Crippen molar-refractivity contribution in [1.29, 1.82) is 0 Å². The average molecular weight is 313 g/mol. The third-order valence-corrected chi connectivity index (χ3v) is 3.62. The van der Waals surface area contributed by atoms with Gasteiger partial charge in [-0.2, -0.15) is 0 Å². The van der Waals surface area contributed by atoms with Crippen molar-refractivity contribution in [2.24, 2.45) is 0 Å². The Hall–Kier alpha value is -1.60. The Kier molecular flexibility index (Phi) is 4.39. The zero-order valence-corrected chi connectivity index (χ0v) is 12.9. The maximum atomic E-state index is 4.04. The topological polar surface area (TPSA) is 0 Å². The quantitative estimate of drug-likeness (QED) is 0.606. The van der Waals surface area contributed by atoms with Crippen LogP contribution >= 0.6 is 15.9 Å². The van der Waals surface area contributed by atoms with Crippen molar-refractivity contribution in [3.8, 4) is 0 Å². The van der Waals surface area contributed by atoms with Crippen molar-refractivity contribution in [3.05, 3.63) is 76.3 Å². The SMILES string of the molecule is C=C(C)c1ccccc1/C=C(\C)c1ccc(Br)cc1. The smallest absolute Gasteiger partial charge is 0.0175 e. The second-order valence-corrected chi connectivity index (χ2v) is 5.62. The van der Waals surface area contributed by atoms with E-state index in [4.69, 9.17) is 0 Å². The summed E-state index contributed by atoms with van der Waals surface area (Å²) in [5.41, 5.74) is 6.01. The molecular formula is C18H17Br. The molecule has 0 aliphatic rings. The highest BCUT2D eigenvalue weighted by Crippen LogP contribution is 2.24. The Morgan fingerprint density at radius 3 is 2.26 bits per heavy atom. The van der Waals surface area contributed by atoms with Gasteiger partial charge in [0.15, 0.2) is 0 Å². The van der Waals surface area contributed by atoms with Crippen molar-refractivity contribution < 1.29 is 0 Å². The molecular weight excluding hydrogens is 296 g/mol. The molecule has 0 N–H and O–H groups in total. The maximum absolute atomic E-state index is 4.04. The van der Waals surface area contributed by atoms with Crippen molar-refractivity contribution in [1.82, 2.24) is 0 Å². The lowest BCUT2D eigenvalue weighted by Gasteiger charge is -2.07. The van der Waals surface area contributed by atoms with E-state index in [-0.39, 0.29) is 0 Å². The molecule has 1 heteroatoms. The van der Waals surface area contributed by atoms with Gasteiger partial charge in [-0.3, -0.25) is 0 Å². The van der Waals surface area contributed by atoms with E-state index in [2.05, 4.69) is 84.0 Å². The van der Waals surface area contributed by atoms with E-state index in [1.165, 1.54) is 22.3 Å². The molecule has 0 aromatic heterocycles. The van der Waals surface area contributed by atoms with Gasteiger partial charge in [0.1, 0.15) is 0 Å². The summed E-state index contributed by atoms with van der Waals surface area (Å²) in [4.78, 5) is 0. The van der Waals surface area contributed by atoms with Gasteiger partial charge in [0.05, 0.1) is 0 Å². The maximum Gasteiger partial charge on any atom is 0.0175 e. The summed E-state index contributed by atoms with van der Waals surface area (Å²) in [6.07, 6.45) is 2.22. The van der Waals surface area contributed by atoms with E-state index in [1.807, 2.05) is 6.92 Å². The summed E-state index contributed by atoms with van der Waals surface area (Å²) >= 11 is 3.46. The second kappa shape index (κ2) is 6.03. The predicted molar refractivity (Wildman–Crippen MR) is 88.8 cm³/mol. The lowest BCUT2D eigenvalue weighted by atomic mass is 9.98. The van der Waals surface area contributed by atoms with Gasteiger partial charge in [-0.25, -0.2) is 0 Å². The van der Waals surface area contributed by atoms with Gasteiger partial charge < -0.3 is 0 Å². The van der Waals surface area contributed by atoms with Crippen LogP contribution in [0.4, 0.5) is 0 Å². The molecule has 0 aliphatic carbocycles. The van der Waals surface area contributed by atoms with Crippen LogP contribution in [0.3, 0.4) is 0 Å². The predicted octanol–water partition coefficient (Wildman–Crippen LogP) is 6.04. The first kappa shape index (κ1) is 13.8. The minimum absolute atomic E-state index is 1.09. The van der Waals surface area contributed by atoms with Crippen LogP contribution in [-0.4, -0.2) is 0 Å². The third kappa shape index (κ3) is 3.45. The molecule has 19 heavy (non-hydrogen) atoms. The Labute approximate surface area is 123 Å². The van der Waals surface area contributed by atoms with E-state index in [9.17, 15) is 0 Å². The van der Waals surface area contributed by atoms with Crippen molar-refractivity contribution in [2.75, 3.05) is 0 Å². The van der Waals surface area contributed by atoms with Gasteiger partial charge in [-0.1, -0.05) is 70.6 Å². The molecule has 2 aromatic rings. The normalized spacial score (nSPS) is 11.4. The molecule has 0 unspecified atom stereocenters. The summed E-state index contributed by atoms with van der Waals surface area (Å²) in [6, 6.07) is 16.7.